The van der Waals surface area contributed by atoms with Crippen molar-refractivity contribution in [3.8, 4) is 0 Å². The van der Waals surface area contributed by atoms with Gasteiger partial charge in [0.2, 0.25) is 5.91 Å². The molecular weight excluding hydrogens is 376 g/mol. The Kier molecular flexibility index (Phi) is 6.66. The molecule has 0 bridgehead atoms. The highest BCUT2D eigenvalue weighted by Gasteiger charge is 2.41. The fraction of sp³-hybridized carbons (Fsp3) is 0.350. The predicted octanol–water partition coefficient (Wildman–Crippen LogP) is 2.46. The lowest BCUT2D eigenvalue weighted by atomic mass is 10.1. The van der Waals surface area contributed by atoms with Gasteiger partial charge in [-0.3, -0.25) is 14.9 Å². The fourth-order valence-electron chi connectivity index (χ4n) is 3.11. The molecule has 150 valence electrons. The van der Waals surface area contributed by atoms with Crippen molar-refractivity contribution in [2.24, 2.45) is 5.92 Å². The molecule has 1 amide bonds. The topological polar surface area (TPSA) is 99.3 Å². The molecule has 2 unspecified atom stereocenters. The normalized spacial score (nSPS) is 19.3. The van der Waals surface area contributed by atoms with E-state index in [0.717, 1.165) is 19.3 Å². The third-order valence-corrected chi connectivity index (χ3v) is 6.31. The molecule has 1 fully saturated rings. The van der Waals surface area contributed by atoms with Crippen LogP contribution in [0.2, 0.25) is 0 Å². The Balaban J connectivity index is 1.65. The van der Waals surface area contributed by atoms with Crippen LogP contribution in [0.1, 0.15) is 25.3 Å². The van der Waals surface area contributed by atoms with Gasteiger partial charge >= 0.3 is 0 Å². The Morgan fingerprint density at radius 2 is 1.79 bits per heavy atom. The lowest BCUT2D eigenvalue weighted by Gasteiger charge is -2.19. The number of anilines is 2. The summed E-state index contributed by atoms with van der Waals surface area (Å²) in [5.74, 6) is -1.11. The summed E-state index contributed by atoms with van der Waals surface area (Å²) in [6.45, 7) is 2.37. The number of amides is 1. The number of aryl methyl sites for hydroxylation is 1. The van der Waals surface area contributed by atoms with Gasteiger partial charge in [-0.05, 0) is 42.7 Å². The highest BCUT2D eigenvalue weighted by atomic mass is 32.2. The van der Waals surface area contributed by atoms with E-state index in [2.05, 4.69) is 27.8 Å². The van der Waals surface area contributed by atoms with E-state index in [4.69, 9.17) is 0 Å². The third-order valence-electron chi connectivity index (χ3n) is 4.68. The molecule has 2 aromatic carbocycles. The number of carbonyl (C=O) groups is 1. The second kappa shape index (κ2) is 9.18. The smallest absolute Gasteiger partial charge is 0.250 e. The molecule has 0 spiro atoms. The number of sulfonamides is 1. The van der Waals surface area contributed by atoms with Crippen LogP contribution in [-0.2, 0) is 21.2 Å². The lowest BCUT2D eigenvalue weighted by molar-refractivity contribution is -0.119. The SMILES string of the molecule is CCCCc1ccc(NC(=O)C2CNNC2S(=O)(=O)Nc2ccccc2)cc1. The second-order valence-corrected chi connectivity index (χ2v) is 8.66. The monoisotopic (exact) mass is 402 g/mol. The first-order valence-electron chi connectivity index (χ1n) is 9.44. The van der Waals surface area contributed by atoms with Gasteiger partial charge in [0.25, 0.3) is 10.0 Å². The van der Waals surface area contributed by atoms with E-state index in [1.54, 1.807) is 30.3 Å². The van der Waals surface area contributed by atoms with Gasteiger partial charge in [-0.25, -0.2) is 13.8 Å². The van der Waals surface area contributed by atoms with E-state index >= 15 is 0 Å². The molecule has 0 saturated carbocycles. The number of carbonyl (C=O) groups excluding carboxylic acids is 1. The molecule has 3 rings (SSSR count). The quantitative estimate of drug-likeness (QED) is 0.544. The van der Waals surface area contributed by atoms with Crippen LogP contribution in [0.4, 0.5) is 11.4 Å². The maximum atomic E-state index is 12.7. The molecule has 0 radical (unpaired) electrons. The van der Waals surface area contributed by atoms with Gasteiger partial charge in [0.15, 0.2) is 5.37 Å². The van der Waals surface area contributed by atoms with Crippen molar-refractivity contribution < 1.29 is 13.2 Å². The fourth-order valence-corrected chi connectivity index (χ4v) is 4.59. The number of hydrazine groups is 1. The Bertz CT molecular complexity index is 885. The standard InChI is InChI=1S/C20H26N4O3S/c1-2-3-7-15-10-12-16(13-11-15)22-19(25)18-14-21-23-20(18)28(26,27)24-17-8-5-4-6-9-17/h4-6,8-13,18,20-21,23-24H,2-3,7,14H2,1H3,(H,22,25). The molecule has 1 heterocycles. The molecule has 1 aliphatic rings. The van der Waals surface area contributed by atoms with Gasteiger partial charge in [0, 0.05) is 17.9 Å². The lowest BCUT2D eigenvalue weighted by Crippen LogP contribution is -2.45. The molecule has 4 N–H and O–H groups in total. The van der Waals surface area contributed by atoms with Crippen LogP contribution in [0.15, 0.2) is 54.6 Å². The van der Waals surface area contributed by atoms with Crippen LogP contribution in [0.3, 0.4) is 0 Å². The van der Waals surface area contributed by atoms with E-state index < -0.39 is 21.3 Å². The average Bonchev–Trinajstić information content (AvgIpc) is 3.19. The van der Waals surface area contributed by atoms with Crippen LogP contribution < -0.4 is 20.9 Å². The summed E-state index contributed by atoms with van der Waals surface area (Å²) in [7, 11) is -3.80. The van der Waals surface area contributed by atoms with Gasteiger partial charge < -0.3 is 5.32 Å². The first kappa shape index (κ1) is 20.3. The molecule has 1 saturated heterocycles. The Morgan fingerprint density at radius 3 is 2.46 bits per heavy atom. The van der Waals surface area contributed by atoms with Crippen molar-refractivity contribution in [1.29, 1.82) is 0 Å². The molecule has 8 heteroatoms. The van der Waals surface area contributed by atoms with Gasteiger partial charge in [-0.2, -0.15) is 0 Å². The zero-order valence-electron chi connectivity index (χ0n) is 15.8. The van der Waals surface area contributed by atoms with E-state index in [1.165, 1.54) is 5.56 Å². The zero-order chi connectivity index (χ0) is 20.0. The summed E-state index contributed by atoms with van der Waals surface area (Å²) >= 11 is 0. The maximum Gasteiger partial charge on any atom is 0.250 e. The van der Waals surface area contributed by atoms with E-state index in [9.17, 15) is 13.2 Å². The van der Waals surface area contributed by atoms with Crippen LogP contribution in [0.25, 0.3) is 0 Å². The van der Waals surface area contributed by atoms with Gasteiger partial charge in [-0.15, -0.1) is 0 Å². The van der Waals surface area contributed by atoms with Crippen molar-refractivity contribution in [2.45, 2.75) is 31.6 Å². The van der Waals surface area contributed by atoms with Crippen LogP contribution in [-0.4, -0.2) is 26.2 Å². The van der Waals surface area contributed by atoms with Crippen molar-refractivity contribution in [3.05, 3.63) is 60.2 Å². The molecule has 1 aliphatic heterocycles. The number of nitrogens with one attached hydrogen (secondary N) is 4. The number of rotatable bonds is 8. The largest absolute Gasteiger partial charge is 0.326 e. The summed E-state index contributed by atoms with van der Waals surface area (Å²) in [5, 5.41) is 1.75. The minimum atomic E-state index is -3.80. The molecule has 0 aliphatic carbocycles. The summed E-state index contributed by atoms with van der Waals surface area (Å²) < 4.78 is 28.0. The van der Waals surface area contributed by atoms with Gasteiger partial charge in [-0.1, -0.05) is 43.7 Å². The summed E-state index contributed by atoms with van der Waals surface area (Å²) in [6.07, 6.45) is 3.26. The Morgan fingerprint density at radius 1 is 1.07 bits per heavy atom. The highest BCUT2D eigenvalue weighted by molar-refractivity contribution is 7.93. The molecule has 28 heavy (non-hydrogen) atoms. The minimum absolute atomic E-state index is 0.223. The van der Waals surface area contributed by atoms with E-state index in [-0.39, 0.29) is 12.5 Å². The Labute approximate surface area is 165 Å². The Hall–Kier alpha value is -2.42. The van der Waals surface area contributed by atoms with Gasteiger partial charge in [0.1, 0.15) is 0 Å². The summed E-state index contributed by atoms with van der Waals surface area (Å²) in [4.78, 5) is 12.7. The van der Waals surface area contributed by atoms with Crippen LogP contribution in [0.5, 0.6) is 0 Å². The summed E-state index contributed by atoms with van der Waals surface area (Å²) in [6, 6.07) is 16.3. The van der Waals surface area contributed by atoms with E-state index in [0.29, 0.717) is 11.4 Å². The number of unbranched alkanes of at least 4 members (excludes halogenated alkanes) is 1. The third kappa shape index (κ3) is 5.09. The molecule has 2 atom stereocenters. The van der Waals surface area contributed by atoms with Crippen LogP contribution >= 0.6 is 0 Å². The van der Waals surface area contributed by atoms with Crippen molar-refractivity contribution in [2.75, 3.05) is 16.6 Å². The van der Waals surface area contributed by atoms with Crippen molar-refractivity contribution in [3.63, 3.8) is 0 Å². The first-order chi connectivity index (χ1) is 13.5. The number of para-hydroxylation sites is 1. The molecule has 0 aromatic heterocycles. The number of hydrogen-bond donors (Lipinski definition) is 4. The molecule has 2 aromatic rings. The predicted molar refractivity (Wildman–Crippen MR) is 111 cm³/mol. The second-order valence-electron chi connectivity index (χ2n) is 6.86. The maximum absolute atomic E-state index is 12.7. The van der Waals surface area contributed by atoms with Gasteiger partial charge in [0.05, 0.1) is 5.92 Å². The van der Waals surface area contributed by atoms with E-state index in [1.807, 2.05) is 24.3 Å². The average molecular weight is 403 g/mol. The summed E-state index contributed by atoms with van der Waals surface area (Å²) in [5.41, 5.74) is 7.82. The minimum Gasteiger partial charge on any atom is -0.326 e. The zero-order valence-corrected chi connectivity index (χ0v) is 16.6. The van der Waals surface area contributed by atoms with Crippen molar-refractivity contribution in [1.82, 2.24) is 10.9 Å². The first-order valence-corrected chi connectivity index (χ1v) is 11.0. The van der Waals surface area contributed by atoms with Crippen molar-refractivity contribution >= 4 is 27.3 Å². The number of hydrogen-bond acceptors (Lipinski definition) is 5. The number of benzene rings is 2. The van der Waals surface area contributed by atoms with Crippen LogP contribution in [0, 0.1) is 5.92 Å². The molecule has 7 nitrogen and oxygen atoms in total. The highest BCUT2D eigenvalue weighted by Crippen LogP contribution is 2.20. The molecular formula is C20H26N4O3S.